The van der Waals surface area contributed by atoms with E-state index in [-0.39, 0.29) is 11.4 Å². The van der Waals surface area contributed by atoms with Gasteiger partial charge in [0.15, 0.2) is 0 Å². The van der Waals surface area contributed by atoms with E-state index < -0.39 is 15.6 Å². The minimum Gasteiger partial charge on any atom is -0.327 e. The first kappa shape index (κ1) is 13.4. The van der Waals surface area contributed by atoms with Crippen molar-refractivity contribution in [1.29, 1.82) is 0 Å². The highest BCUT2D eigenvalue weighted by atomic mass is 32.2. The van der Waals surface area contributed by atoms with Crippen molar-refractivity contribution in [2.75, 3.05) is 4.72 Å². The lowest BCUT2D eigenvalue weighted by Crippen LogP contribution is -2.21. The predicted octanol–water partition coefficient (Wildman–Crippen LogP) is 1.63. The fourth-order valence-electron chi connectivity index (χ4n) is 1.73. The van der Waals surface area contributed by atoms with Gasteiger partial charge in [0.2, 0.25) is 10.0 Å². The highest BCUT2D eigenvalue weighted by molar-refractivity contribution is 7.91. The second kappa shape index (κ2) is 5.27. The molecule has 100 valence electrons. The number of nitrogens with one attached hydrogen (secondary N) is 2. The summed E-state index contributed by atoms with van der Waals surface area (Å²) < 4.78 is 26.2. The molecule has 0 aliphatic rings. The Morgan fingerprint density at radius 1 is 1.21 bits per heavy atom. The van der Waals surface area contributed by atoms with Gasteiger partial charge in [0, 0.05) is 6.20 Å². The summed E-state index contributed by atoms with van der Waals surface area (Å²) in [6, 6.07) is 10.2. The number of H-pyrrole nitrogens is 1. The summed E-state index contributed by atoms with van der Waals surface area (Å²) >= 11 is 0. The van der Waals surface area contributed by atoms with Crippen molar-refractivity contribution >= 4 is 15.7 Å². The van der Waals surface area contributed by atoms with Crippen LogP contribution in [0.1, 0.15) is 11.1 Å². The van der Waals surface area contributed by atoms with E-state index in [0.717, 1.165) is 5.56 Å². The molecule has 6 heteroatoms. The van der Waals surface area contributed by atoms with Crippen molar-refractivity contribution in [1.82, 2.24) is 4.98 Å². The molecule has 1 aromatic carbocycles. The number of hydrogen-bond donors (Lipinski definition) is 2. The quantitative estimate of drug-likeness (QED) is 0.892. The summed E-state index contributed by atoms with van der Waals surface area (Å²) in [7, 11) is -3.60. The molecule has 1 aromatic heterocycles. The molecular weight excluding hydrogens is 264 g/mol. The molecule has 2 aromatic rings. The summed E-state index contributed by atoms with van der Waals surface area (Å²) in [5, 5.41) is 0. The molecule has 0 bridgehead atoms. The fourth-order valence-corrected chi connectivity index (χ4v) is 2.91. The van der Waals surface area contributed by atoms with Gasteiger partial charge in [-0.05, 0) is 24.6 Å². The monoisotopic (exact) mass is 278 g/mol. The van der Waals surface area contributed by atoms with Gasteiger partial charge >= 0.3 is 0 Å². The predicted molar refractivity (Wildman–Crippen MR) is 74.5 cm³/mol. The van der Waals surface area contributed by atoms with Gasteiger partial charge in [0.05, 0.1) is 5.75 Å². The number of aryl methyl sites for hydroxylation is 1. The number of rotatable bonds is 4. The lowest BCUT2D eigenvalue weighted by atomic mass is 10.2. The second-order valence-electron chi connectivity index (χ2n) is 4.26. The number of pyridine rings is 1. The maximum absolute atomic E-state index is 12.0. The van der Waals surface area contributed by atoms with Gasteiger partial charge in [-0.3, -0.25) is 9.52 Å². The van der Waals surface area contributed by atoms with E-state index in [1.807, 2.05) is 13.0 Å². The van der Waals surface area contributed by atoms with Gasteiger partial charge in [-0.2, -0.15) is 0 Å². The molecule has 0 aliphatic carbocycles. The van der Waals surface area contributed by atoms with Crippen LogP contribution >= 0.6 is 0 Å². The second-order valence-corrected chi connectivity index (χ2v) is 5.99. The van der Waals surface area contributed by atoms with Gasteiger partial charge < -0.3 is 4.98 Å². The molecule has 0 atom stereocenters. The normalized spacial score (nSPS) is 11.2. The maximum atomic E-state index is 12.0. The van der Waals surface area contributed by atoms with Crippen LogP contribution < -0.4 is 10.3 Å². The zero-order valence-electron chi connectivity index (χ0n) is 10.4. The number of sulfonamides is 1. The van der Waals surface area contributed by atoms with Crippen LogP contribution in [0.15, 0.2) is 47.4 Å². The van der Waals surface area contributed by atoms with Gasteiger partial charge in [0.25, 0.3) is 5.56 Å². The lowest BCUT2D eigenvalue weighted by molar-refractivity contribution is 0.600. The molecule has 0 unspecified atom stereocenters. The first-order valence-corrected chi connectivity index (χ1v) is 7.35. The van der Waals surface area contributed by atoms with E-state index in [1.165, 1.54) is 12.3 Å². The zero-order valence-corrected chi connectivity index (χ0v) is 11.2. The molecule has 2 N–H and O–H groups in total. The third kappa shape index (κ3) is 3.69. The summed E-state index contributed by atoms with van der Waals surface area (Å²) in [4.78, 5) is 13.8. The molecule has 0 saturated carbocycles. The van der Waals surface area contributed by atoms with Gasteiger partial charge in [-0.25, -0.2) is 8.42 Å². The first-order valence-electron chi connectivity index (χ1n) is 5.70. The lowest BCUT2D eigenvalue weighted by Gasteiger charge is -2.07. The average Bonchev–Trinajstić information content (AvgIpc) is 2.31. The van der Waals surface area contributed by atoms with Crippen LogP contribution in [0.2, 0.25) is 0 Å². The number of benzene rings is 1. The highest BCUT2D eigenvalue weighted by Gasteiger charge is 2.13. The van der Waals surface area contributed by atoms with Crippen LogP contribution in [0.25, 0.3) is 0 Å². The molecule has 0 radical (unpaired) electrons. The van der Waals surface area contributed by atoms with E-state index in [0.29, 0.717) is 5.56 Å². The zero-order chi connectivity index (χ0) is 13.9. The number of hydrogen-bond acceptors (Lipinski definition) is 3. The van der Waals surface area contributed by atoms with Gasteiger partial charge in [-0.15, -0.1) is 0 Å². The SMILES string of the molecule is Cc1cccc(CS(=O)(=O)Nc2ccc[nH]c2=O)c1. The summed E-state index contributed by atoms with van der Waals surface area (Å²) in [5.74, 6) is -0.164. The van der Waals surface area contributed by atoms with Crippen molar-refractivity contribution in [3.05, 3.63) is 64.1 Å². The highest BCUT2D eigenvalue weighted by Crippen LogP contribution is 2.10. The summed E-state index contributed by atoms with van der Waals surface area (Å²) in [6.45, 7) is 1.89. The number of aromatic amines is 1. The molecule has 5 nitrogen and oxygen atoms in total. The molecule has 0 amide bonds. The minimum atomic E-state index is -3.60. The van der Waals surface area contributed by atoms with Crippen molar-refractivity contribution in [3.63, 3.8) is 0 Å². The molecule has 1 heterocycles. The topological polar surface area (TPSA) is 79.0 Å². The van der Waals surface area contributed by atoms with Gasteiger partial charge in [-0.1, -0.05) is 29.8 Å². The Morgan fingerprint density at radius 3 is 2.68 bits per heavy atom. The Labute approximate surface area is 111 Å². The molecular formula is C13H14N2O3S. The van der Waals surface area contributed by atoms with Crippen LogP contribution in [0.4, 0.5) is 5.69 Å². The van der Waals surface area contributed by atoms with E-state index >= 15 is 0 Å². The Hall–Kier alpha value is -2.08. The first-order chi connectivity index (χ1) is 8.96. The van der Waals surface area contributed by atoms with Gasteiger partial charge in [0.1, 0.15) is 5.69 Å². The molecule has 2 rings (SSSR count). The van der Waals surface area contributed by atoms with Crippen molar-refractivity contribution in [3.8, 4) is 0 Å². The van der Waals surface area contributed by atoms with E-state index in [4.69, 9.17) is 0 Å². The maximum Gasteiger partial charge on any atom is 0.272 e. The third-order valence-electron chi connectivity index (χ3n) is 2.52. The third-order valence-corrected chi connectivity index (χ3v) is 3.77. The van der Waals surface area contributed by atoms with E-state index in [9.17, 15) is 13.2 Å². The van der Waals surface area contributed by atoms with Crippen LogP contribution in [-0.4, -0.2) is 13.4 Å². The Kier molecular flexibility index (Phi) is 3.71. The molecule has 0 aliphatic heterocycles. The van der Waals surface area contributed by atoms with E-state index in [1.54, 1.807) is 24.3 Å². The van der Waals surface area contributed by atoms with E-state index in [2.05, 4.69) is 9.71 Å². The molecule has 19 heavy (non-hydrogen) atoms. The van der Waals surface area contributed by atoms with Crippen LogP contribution in [0, 0.1) is 6.92 Å². The summed E-state index contributed by atoms with van der Waals surface area (Å²) in [6.07, 6.45) is 1.45. The van der Waals surface area contributed by atoms with Crippen molar-refractivity contribution in [2.45, 2.75) is 12.7 Å². The minimum absolute atomic E-state index is 0.0233. The van der Waals surface area contributed by atoms with Crippen molar-refractivity contribution in [2.24, 2.45) is 0 Å². The Bertz CT molecular complexity index is 735. The Balaban J connectivity index is 2.20. The molecule has 0 saturated heterocycles. The average molecular weight is 278 g/mol. The van der Waals surface area contributed by atoms with Crippen molar-refractivity contribution < 1.29 is 8.42 Å². The van der Waals surface area contributed by atoms with Crippen LogP contribution in [-0.2, 0) is 15.8 Å². The Morgan fingerprint density at radius 2 is 2.00 bits per heavy atom. The largest absolute Gasteiger partial charge is 0.327 e. The standard InChI is InChI=1S/C13H14N2O3S/c1-10-4-2-5-11(8-10)9-19(17,18)15-12-6-3-7-14-13(12)16/h2-8,15H,9H2,1H3,(H,14,16). The smallest absolute Gasteiger partial charge is 0.272 e. The molecule has 0 spiro atoms. The van der Waals surface area contributed by atoms with Crippen LogP contribution in [0.5, 0.6) is 0 Å². The van der Waals surface area contributed by atoms with Crippen LogP contribution in [0.3, 0.4) is 0 Å². The summed E-state index contributed by atoms with van der Waals surface area (Å²) in [5.41, 5.74) is 1.23. The molecule has 0 fully saturated rings. The number of aromatic nitrogens is 1. The fraction of sp³-hybridized carbons (Fsp3) is 0.154. The number of anilines is 1.